The maximum absolute atomic E-state index is 10.6. The van der Waals surface area contributed by atoms with Gasteiger partial charge in [-0.25, -0.2) is 0 Å². The molecule has 0 atom stereocenters. The highest BCUT2D eigenvalue weighted by Gasteiger charge is 2.12. The van der Waals surface area contributed by atoms with Gasteiger partial charge in [0.15, 0.2) is 0 Å². The monoisotopic (exact) mass is 257 g/mol. The minimum Gasteiger partial charge on any atom is -0.332 e. The topological polar surface area (TPSA) is 111 Å². The van der Waals surface area contributed by atoms with Gasteiger partial charge in [-0.15, -0.1) is 0 Å². The molecule has 0 fully saturated rings. The van der Waals surface area contributed by atoms with Gasteiger partial charge in [-0.2, -0.15) is 10.1 Å². The molecule has 8 heteroatoms. The molecule has 0 saturated heterocycles. The molecular formula is C11H7N5O3. The van der Waals surface area contributed by atoms with E-state index in [0.29, 0.717) is 23.0 Å². The summed E-state index contributed by atoms with van der Waals surface area (Å²) in [7, 11) is 0. The summed E-state index contributed by atoms with van der Waals surface area (Å²) >= 11 is 0. The van der Waals surface area contributed by atoms with Crippen molar-refractivity contribution in [1.82, 2.24) is 20.3 Å². The summed E-state index contributed by atoms with van der Waals surface area (Å²) in [6, 6.07) is 7.62. The lowest BCUT2D eigenvalue weighted by Gasteiger charge is -1.93. The van der Waals surface area contributed by atoms with Crippen LogP contribution < -0.4 is 0 Å². The van der Waals surface area contributed by atoms with Crippen LogP contribution in [-0.4, -0.2) is 25.3 Å². The zero-order valence-corrected chi connectivity index (χ0v) is 9.48. The van der Waals surface area contributed by atoms with Gasteiger partial charge in [-0.05, 0) is 18.2 Å². The summed E-state index contributed by atoms with van der Waals surface area (Å²) in [5, 5.41) is 20.9. The van der Waals surface area contributed by atoms with Crippen molar-refractivity contribution in [2.75, 3.05) is 0 Å². The number of H-pyrrole nitrogens is 1. The second-order valence-electron chi connectivity index (χ2n) is 3.70. The average Bonchev–Trinajstić information content (AvgIpc) is 3.10. The lowest BCUT2D eigenvalue weighted by molar-refractivity contribution is -0.384. The van der Waals surface area contributed by atoms with Crippen molar-refractivity contribution < 1.29 is 9.45 Å². The van der Waals surface area contributed by atoms with Crippen LogP contribution in [0.25, 0.3) is 23.0 Å². The SMILES string of the molecule is O=[N+]([O-])c1ccc(-c2noc(-c3ccn[nH]3)n2)cc1. The van der Waals surface area contributed by atoms with E-state index in [4.69, 9.17) is 4.52 Å². The third-order valence-electron chi connectivity index (χ3n) is 2.49. The highest BCUT2D eigenvalue weighted by atomic mass is 16.6. The first-order chi connectivity index (χ1) is 9.24. The first kappa shape index (κ1) is 11.1. The van der Waals surface area contributed by atoms with Crippen LogP contribution in [0.15, 0.2) is 41.1 Å². The number of nitro groups is 1. The number of hydrogen-bond donors (Lipinski definition) is 1. The van der Waals surface area contributed by atoms with Gasteiger partial charge < -0.3 is 4.52 Å². The Morgan fingerprint density at radius 1 is 1.21 bits per heavy atom. The number of nitrogens with zero attached hydrogens (tertiary/aromatic N) is 4. The van der Waals surface area contributed by atoms with Gasteiger partial charge in [0, 0.05) is 23.9 Å². The fourth-order valence-corrected chi connectivity index (χ4v) is 1.56. The first-order valence-electron chi connectivity index (χ1n) is 5.32. The Kier molecular flexibility index (Phi) is 2.53. The maximum atomic E-state index is 10.6. The quantitative estimate of drug-likeness (QED) is 0.567. The van der Waals surface area contributed by atoms with Crippen LogP contribution in [-0.2, 0) is 0 Å². The Bertz CT molecular complexity index is 702. The van der Waals surface area contributed by atoms with Crippen molar-refractivity contribution in [3.8, 4) is 23.0 Å². The van der Waals surface area contributed by atoms with E-state index in [-0.39, 0.29) is 5.69 Å². The zero-order chi connectivity index (χ0) is 13.2. The van der Waals surface area contributed by atoms with Crippen molar-refractivity contribution in [2.24, 2.45) is 0 Å². The normalized spacial score (nSPS) is 10.5. The largest absolute Gasteiger partial charge is 0.332 e. The molecule has 2 aromatic heterocycles. The van der Waals surface area contributed by atoms with Gasteiger partial charge in [0.2, 0.25) is 5.82 Å². The number of hydrogen-bond acceptors (Lipinski definition) is 6. The summed E-state index contributed by atoms with van der Waals surface area (Å²) < 4.78 is 5.07. The van der Waals surface area contributed by atoms with E-state index in [0.717, 1.165) is 0 Å². The second kappa shape index (κ2) is 4.33. The summed E-state index contributed by atoms with van der Waals surface area (Å²) in [5.41, 5.74) is 1.27. The molecule has 0 aliphatic carbocycles. The molecule has 3 rings (SSSR count). The minimum absolute atomic E-state index is 0.0148. The standard InChI is InChI=1S/C11H7N5O3/c17-16(18)8-3-1-7(2-4-8)10-13-11(19-15-10)9-5-6-12-14-9/h1-6H,(H,12,14). The van der Waals surface area contributed by atoms with Crippen molar-refractivity contribution in [2.45, 2.75) is 0 Å². The summed E-state index contributed by atoms with van der Waals surface area (Å²) in [6.07, 6.45) is 1.57. The smallest absolute Gasteiger partial charge is 0.276 e. The van der Waals surface area contributed by atoms with Crippen molar-refractivity contribution in [1.29, 1.82) is 0 Å². The predicted molar refractivity (Wildman–Crippen MR) is 64.0 cm³/mol. The fraction of sp³-hybridized carbons (Fsp3) is 0. The van der Waals surface area contributed by atoms with E-state index in [1.807, 2.05) is 0 Å². The number of nitrogens with one attached hydrogen (secondary N) is 1. The van der Waals surface area contributed by atoms with E-state index >= 15 is 0 Å². The van der Waals surface area contributed by atoms with Gasteiger partial charge in [0.25, 0.3) is 11.6 Å². The van der Waals surface area contributed by atoms with Crippen LogP contribution in [0.3, 0.4) is 0 Å². The summed E-state index contributed by atoms with van der Waals surface area (Å²) in [5.74, 6) is 0.672. The molecule has 1 aromatic carbocycles. The Morgan fingerprint density at radius 3 is 2.63 bits per heavy atom. The average molecular weight is 257 g/mol. The summed E-state index contributed by atoms with van der Waals surface area (Å²) in [6.45, 7) is 0. The molecule has 1 N–H and O–H groups in total. The van der Waals surface area contributed by atoms with E-state index in [9.17, 15) is 10.1 Å². The maximum Gasteiger partial charge on any atom is 0.276 e. The highest BCUT2D eigenvalue weighted by Crippen LogP contribution is 2.22. The Hall–Kier alpha value is -3.03. The van der Waals surface area contributed by atoms with Crippen LogP contribution in [0.1, 0.15) is 0 Å². The van der Waals surface area contributed by atoms with Gasteiger partial charge in [-0.3, -0.25) is 15.2 Å². The molecule has 0 spiro atoms. The number of aromatic nitrogens is 4. The molecular weight excluding hydrogens is 250 g/mol. The first-order valence-corrected chi connectivity index (χ1v) is 5.32. The van der Waals surface area contributed by atoms with Crippen LogP contribution in [0.5, 0.6) is 0 Å². The molecule has 0 aliphatic rings. The van der Waals surface area contributed by atoms with E-state index < -0.39 is 4.92 Å². The molecule has 19 heavy (non-hydrogen) atoms. The Labute approximate surface area is 106 Å². The van der Waals surface area contributed by atoms with E-state index in [2.05, 4.69) is 20.3 Å². The van der Waals surface area contributed by atoms with Crippen molar-refractivity contribution in [3.63, 3.8) is 0 Å². The predicted octanol–water partition coefficient (Wildman–Crippen LogP) is 2.03. The van der Waals surface area contributed by atoms with Crippen LogP contribution in [0.2, 0.25) is 0 Å². The van der Waals surface area contributed by atoms with E-state index in [1.54, 1.807) is 24.4 Å². The molecule has 0 amide bonds. The molecule has 0 aliphatic heterocycles. The number of non-ortho nitro benzene ring substituents is 1. The molecule has 0 unspecified atom stereocenters. The molecule has 94 valence electrons. The number of nitro benzene ring substituents is 1. The number of rotatable bonds is 3. The molecule has 0 saturated carbocycles. The minimum atomic E-state index is -0.462. The lowest BCUT2D eigenvalue weighted by Crippen LogP contribution is -1.87. The van der Waals surface area contributed by atoms with Gasteiger partial charge >= 0.3 is 0 Å². The molecule has 8 nitrogen and oxygen atoms in total. The van der Waals surface area contributed by atoms with Crippen LogP contribution in [0.4, 0.5) is 5.69 Å². The van der Waals surface area contributed by atoms with Crippen molar-refractivity contribution in [3.05, 3.63) is 46.6 Å². The van der Waals surface area contributed by atoms with E-state index in [1.165, 1.54) is 12.1 Å². The third-order valence-corrected chi connectivity index (χ3v) is 2.49. The third kappa shape index (κ3) is 2.06. The number of aromatic amines is 1. The molecule has 3 aromatic rings. The van der Waals surface area contributed by atoms with Crippen LogP contribution in [0, 0.1) is 10.1 Å². The Morgan fingerprint density at radius 2 is 2.00 bits per heavy atom. The van der Waals surface area contributed by atoms with Crippen molar-refractivity contribution >= 4 is 5.69 Å². The fourth-order valence-electron chi connectivity index (χ4n) is 1.56. The van der Waals surface area contributed by atoms with Gasteiger partial charge in [0.1, 0.15) is 5.69 Å². The lowest BCUT2D eigenvalue weighted by atomic mass is 10.2. The molecule has 0 radical (unpaired) electrons. The van der Waals surface area contributed by atoms with Gasteiger partial charge in [0.05, 0.1) is 4.92 Å². The molecule has 0 bridgehead atoms. The van der Waals surface area contributed by atoms with Gasteiger partial charge in [-0.1, -0.05) is 5.16 Å². The second-order valence-corrected chi connectivity index (χ2v) is 3.70. The Balaban J connectivity index is 1.92. The molecule has 2 heterocycles. The van der Waals surface area contributed by atoms with Crippen LogP contribution >= 0.6 is 0 Å². The zero-order valence-electron chi connectivity index (χ0n) is 9.48. The highest BCUT2D eigenvalue weighted by molar-refractivity contribution is 5.59. The summed E-state index contributed by atoms with van der Waals surface area (Å²) in [4.78, 5) is 14.3. The number of benzene rings is 1.